The van der Waals surface area contributed by atoms with Crippen molar-refractivity contribution in [1.29, 1.82) is 0 Å². The van der Waals surface area contributed by atoms with Crippen molar-refractivity contribution in [3.8, 4) is 0 Å². The molecule has 3 rings (SSSR count). The number of benzene rings is 1. The summed E-state index contributed by atoms with van der Waals surface area (Å²) >= 11 is 0. The van der Waals surface area contributed by atoms with Crippen LogP contribution >= 0.6 is 0 Å². The summed E-state index contributed by atoms with van der Waals surface area (Å²) in [6, 6.07) is 7.68. The molecule has 0 amide bonds. The molecule has 1 atom stereocenters. The van der Waals surface area contributed by atoms with E-state index in [4.69, 9.17) is 0 Å². The van der Waals surface area contributed by atoms with Crippen LogP contribution in [0.15, 0.2) is 24.3 Å². The zero-order valence-corrected chi connectivity index (χ0v) is 11.2. The van der Waals surface area contributed by atoms with Crippen LogP contribution in [0.5, 0.6) is 0 Å². The second-order valence-electron chi connectivity index (χ2n) is 6.71. The molecule has 0 heterocycles. The molecule has 2 aliphatic rings. The van der Waals surface area contributed by atoms with Gasteiger partial charge in [0.1, 0.15) is 5.82 Å². The van der Waals surface area contributed by atoms with E-state index in [0.717, 1.165) is 5.92 Å². The fraction of sp³-hybridized carbons (Fsp3) is 0.625. The van der Waals surface area contributed by atoms with Gasteiger partial charge in [-0.25, -0.2) is 4.39 Å². The van der Waals surface area contributed by atoms with Crippen molar-refractivity contribution in [1.82, 2.24) is 5.32 Å². The highest BCUT2D eigenvalue weighted by Crippen LogP contribution is 2.51. The third kappa shape index (κ3) is 2.44. The monoisotopic (exact) mass is 247 g/mol. The predicted octanol–water partition coefficient (Wildman–Crippen LogP) is 3.71. The van der Waals surface area contributed by atoms with Gasteiger partial charge < -0.3 is 5.32 Å². The second kappa shape index (κ2) is 4.34. The van der Waals surface area contributed by atoms with Crippen LogP contribution in [0.4, 0.5) is 4.39 Å². The average molecular weight is 247 g/mol. The summed E-state index contributed by atoms with van der Waals surface area (Å²) in [4.78, 5) is 0. The van der Waals surface area contributed by atoms with E-state index < -0.39 is 0 Å². The van der Waals surface area contributed by atoms with Gasteiger partial charge in [-0.3, -0.25) is 0 Å². The molecule has 1 N–H and O–H groups in total. The summed E-state index contributed by atoms with van der Waals surface area (Å²) in [5.41, 5.74) is 1.87. The van der Waals surface area contributed by atoms with Crippen molar-refractivity contribution >= 4 is 0 Å². The highest BCUT2D eigenvalue weighted by atomic mass is 19.1. The van der Waals surface area contributed by atoms with E-state index in [1.165, 1.54) is 31.4 Å². The third-order valence-electron chi connectivity index (χ3n) is 4.85. The van der Waals surface area contributed by atoms with Gasteiger partial charge in [-0.15, -0.1) is 0 Å². The van der Waals surface area contributed by atoms with Crippen LogP contribution < -0.4 is 5.32 Å². The Bertz CT molecular complexity index is 417. The molecule has 0 spiro atoms. The minimum absolute atomic E-state index is 0.135. The Kier molecular flexibility index (Phi) is 2.93. The molecule has 2 aliphatic carbocycles. The fourth-order valence-corrected chi connectivity index (χ4v) is 3.03. The maximum Gasteiger partial charge on any atom is 0.123 e. The SMILES string of the molecule is CC1(C)CC1CNC1CC(c2ccc(F)cc2)C1. The first-order valence-electron chi connectivity index (χ1n) is 7.03. The summed E-state index contributed by atoms with van der Waals surface area (Å²) in [5.74, 6) is 1.38. The van der Waals surface area contributed by atoms with E-state index in [0.29, 0.717) is 17.4 Å². The molecule has 2 saturated carbocycles. The minimum Gasteiger partial charge on any atom is -0.314 e. The minimum atomic E-state index is -0.135. The Balaban J connectivity index is 1.42. The van der Waals surface area contributed by atoms with Crippen LogP contribution in [0.3, 0.4) is 0 Å². The van der Waals surface area contributed by atoms with Crippen LogP contribution in [0.2, 0.25) is 0 Å². The maximum absolute atomic E-state index is 12.8. The molecule has 2 heteroatoms. The molecule has 1 aromatic carbocycles. The molecule has 0 bridgehead atoms. The summed E-state index contributed by atoms with van der Waals surface area (Å²) in [5, 5.41) is 3.67. The van der Waals surface area contributed by atoms with Gasteiger partial charge in [-0.2, -0.15) is 0 Å². The van der Waals surface area contributed by atoms with Crippen LogP contribution in [0, 0.1) is 17.2 Å². The molecule has 18 heavy (non-hydrogen) atoms. The van der Waals surface area contributed by atoms with Gasteiger partial charge in [0.15, 0.2) is 0 Å². The largest absolute Gasteiger partial charge is 0.314 e. The molecule has 0 radical (unpaired) electrons. The Hall–Kier alpha value is -0.890. The summed E-state index contributed by atoms with van der Waals surface area (Å²) in [7, 11) is 0. The van der Waals surface area contributed by atoms with Gasteiger partial charge in [0.05, 0.1) is 0 Å². The summed E-state index contributed by atoms with van der Waals surface area (Å²) in [6.45, 7) is 5.87. The van der Waals surface area contributed by atoms with E-state index in [1.807, 2.05) is 12.1 Å². The molecular formula is C16H22FN. The number of rotatable bonds is 4. The van der Waals surface area contributed by atoms with E-state index >= 15 is 0 Å². The third-order valence-corrected chi connectivity index (χ3v) is 4.85. The Morgan fingerprint density at radius 3 is 2.39 bits per heavy atom. The van der Waals surface area contributed by atoms with Gasteiger partial charge >= 0.3 is 0 Å². The molecule has 2 fully saturated rings. The lowest BCUT2D eigenvalue weighted by Crippen LogP contribution is -2.41. The van der Waals surface area contributed by atoms with E-state index in [1.54, 1.807) is 12.1 Å². The first kappa shape index (κ1) is 12.2. The normalized spacial score (nSPS) is 32.9. The fourth-order valence-electron chi connectivity index (χ4n) is 3.03. The lowest BCUT2D eigenvalue weighted by molar-refractivity contribution is 0.284. The smallest absolute Gasteiger partial charge is 0.123 e. The van der Waals surface area contributed by atoms with Crippen molar-refractivity contribution in [2.75, 3.05) is 6.54 Å². The van der Waals surface area contributed by atoms with Gasteiger partial charge in [-0.05, 0) is 60.8 Å². The van der Waals surface area contributed by atoms with Crippen molar-refractivity contribution in [2.45, 2.75) is 45.1 Å². The molecule has 0 saturated heterocycles. The predicted molar refractivity (Wildman–Crippen MR) is 72.1 cm³/mol. The molecule has 0 aromatic heterocycles. The number of hydrogen-bond acceptors (Lipinski definition) is 1. The topological polar surface area (TPSA) is 12.0 Å². The average Bonchev–Trinajstić information content (AvgIpc) is 2.87. The number of hydrogen-bond donors (Lipinski definition) is 1. The van der Waals surface area contributed by atoms with Gasteiger partial charge in [0.25, 0.3) is 0 Å². The van der Waals surface area contributed by atoms with Gasteiger partial charge in [0, 0.05) is 6.04 Å². The Morgan fingerprint density at radius 2 is 1.83 bits per heavy atom. The van der Waals surface area contributed by atoms with Crippen LogP contribution in [-0.2, 0) is 0 Å². The van der Waals surface area contributed by atoms with Crippen molar-refractivity contribution < 1.29 is 4.39 Å². The highest BCUT2D eigenvalue weighted by Gasteiger charge is 2.45. The molecule has 1 aromatic rings. The maximum atomic E-state index is 12.8. The Labute approximate surface area is 109 Å². The number of nitrogens with one attached hydrogen (secondary N) is 1. The molecule has 1 nitrogen and oxygen atoms in total. The van der Waals surface area contributed by atoms with Crippen LogP contribution in [0.25, 0.3) is 0 Å². The second-order valence-corrected chi connectivity index (χ2v) is 6.71. The standard InChI is InChI=1S/C16H22FN/c1-16(2)9-13(16)10-18-15-7-12(8-15)11-3-5-14(17)6-4-11/h3-6,12-13,15,18H,7-10H2,1-2H3. The first-order chi connectivity index (χ1) is 8.54. The quantitative estimate of drug-likeness (QED) is 0.855. The van der Waals surface area contributed by atoms with Crippen LogP contribution in [0.1, 0.15) is 44.6 Å². The van der Waals surface area contributed by atoms with Crippen molar-refractivity contribution in [3.63, 3.8) is 0 Å². The van der Waals surface area contributed by atoms with Gasteiger partial charge in [-0.1, -0.05) is 26.0 Å². The van der Waals surface area contributed by atoms with Crippen molar-refractivity contribution in [2.24, 2.45) is 11.3 Å². The summed E-state index contributed by atoms with van der Waals surface area (Å²) < 4.78 is 12.8. The lowest BCUT2D eigenvalue weighted by Gasteiger charge is -2.36. The number of halogens is 1. The molecule has 0 aliphatic heterocycles. The Morgan fingerprint density at radius 1 is 1.22 bits per heavy atom. The highest BCUT2D eigenvalue weighted by molar-refractivity contribution is 5.23. The van der Waals surface area contributed by atoms with E-state index in [-0.39, 0.29) is 5.82 Å². The first-order valence-corrected chi connectivity index (χ1v) is 7.03. The molecule has 98 valence electrons. The zero-order valence-electron chi connectivity index (χ0n) is 11.2. The van der Waals surface area contributed by atoms with Gasteiger partial charge in [0.2, 0.25) is 0 Å². The molecular weight excluding hydrogens is 225 g/mol. The van der Waals surface area contributed by atoms with E-state index in [2.05, 4.69) is 19.2 Å². The lowest BCUT2D eigenvalue weighted by atomic mass is 9.76. The zero-order chi connectivity index (χ0) is 12.8. The van der Waals surface area contributed by atoms with Crippen LogP contribution in [-0.4, -0.2) is 12.6 Å². The molecule has 1 unspecified atom stereocenters. The summed E-state index contributed by atoms with van der Waals surface area (Å²) in [6.07, 6.45) is 3.78. The van der Waals surface area contributed by atoms with Crippen molar-refractivity contribution in [3.05, 3.63) is 35.6 Å². The van der Waals surface area contributed by atoms with E-state index in [9.17, 15) is 4.39 Å².